The molecule has 0 saturated carbocycles. The molecule has 1 amide bonds. The van der Waals surface area contributed by atoms with Crippen molar-refractivity contribution in [3.8, 4) is 11.7 Å². The van der Waals surface area contributed by atoms with Gasteiger partial charge in [0.05, 0.1) is 0 Å². The quantitative estimate of drug-likeness (QED) is 0.547. The van der Waals surface area contributed by atoms with Crippen LogP contribution in [0.25, 0.3) is 22.6 Å². The van der Waals surface area contributed by atoms with Crippen LogP contribution in [-0.4, -0.2) is 22.4 Å². The molecule has 7 heteroatoms. The molecule has 0 aliphatic heterocycles. The number of benzene rings is 2. The Morgan fingerprint density at radius 2 is 1.84 bits per heavy atom. The summed E-state index contributed by atoms with van der Waals surface area (Å²) in [5.41, 5.74) is 1.25. The van der Waals surface area contributed by atoms with Gasteiger partial charge in [0.25, 0.3) is 11.8 Å². The zero-order chi connectivity index (χ0) is 17.2. The summed E-state index contributed by atoms with van der Waals surface area (Å²) in [6.07, 6.45) is 1.98. The minimum absolute atomic E-state index is 0.0226. The fourth-order valence-corrected chi connectivity index (χ4v) is 2.78. The van der Waals surface area contributed by atoms with Gasteiger partial charge in [-0.15, -0.1) is 16.9 Å². The summed E-state index contributed by atoms with van der Waals surface area (Å²) in [7, 11) is 0. The number of thioether (sulfide) groups is 1. The zero-order valence-electron chi connectivity index (χ0n) is 13.2. The normalized spacial score (nSPS) is 10.9. The van der Waals surface area contributed by atoms with Gasteiger partial charge in [-0.1, -0.05) is 23.3 Å². The first-order valence-electron chi connectivity index (χ1n) is 7.51. The van der Waals surface area contributed by atoms with E-state index >= 15 is 0 Å². The van der Waals surface area contributed by atoms with Gasteiger partial charge in [-0.25, -0.2) is 0 Å². The van der Waals surface area contributed by atoms with Crippen LogP contribution in [0, 0.1) is 0 Å². The summed E-state index contributed by atoms with van der Waals surface area (Å²) < 4.78 is 11.2. The first-order chi connectivity index (χ1) is 12.2. The number of fused-ring (bicyclic) bond motifs is 1. The average Bonchev–Trinajstić information content (AvgIpc) is 3.28. The van der Waals surface area contributed by atoms with Gasteiger partial charge in [-0.3, -0.25) is 10.1 Å². The lowest BCUT2D eigenvalue weighted by Gasteiger charge is -2.01. The lowest BCUT2D eigenvalue weighted by atomic mass is 10.2. The number of aromatic nitrogens is 2. The number of furan rings is 1. The molecule has 2 aromatic carbocycles. The smallest absolute Gasteiger partial charge is 0.322 e. The van der Waals surface area contributed by atoms with Crippen molar-refractivity contribution in [1.29, 1.82) is 0 Å². The molecule has 2 heterocycles. The van der Waals surface area contributed by atoms with E-state index in [1.807, 2.05) is 48.7 Å². The number of hydrogen-bond donors (Lipinski definition) is 1. The molecule has 4 aromatic rings. The number of nitrogens with one attached hydrogen (secondary N) is 1. The molecule has 0 spiro atoms. The second-order valence-corrected chi connectivity index (χ2v) is 6.12. The van der Waals surface area contributed by atoms with Crippen LogP contribution in [0.1, 0.15) is 10.4 Å². The van der Waals surface area contributed by atoms with Crippen LogP contribution in [0.4, 0.5) is 6.01 Å². The van der Waals surface area contributed by atoms with Crippen LogP contribution in [0.5, 0.6) is 0 Å². The summed E-state index contributed by atoms with van der Waals surface area (Å²) in [4.78, 5) is 13.3. The number of hydrogen-bond acceptors (Lipinski definition) is 6. The van der Waals surface area contributed by atoms with Crippen molar-refractivity contribution in [2.24, 2.45) is 0 Å². The van der Waals surface area contributed by atoms with E-state index in [2.05, 4.69) is 15.5 Å². The number of rotatable bonds is 4. The monoisotopic (exact) mass is 351 g/mol. The van der Waals surface area contributed by atoms with E-state index in [0.717, 1.165) is 15.9 Å². The standard InChI is InChI=1S/C18H13N3O3S/c1-25-13-8-6-11(7-9-13)16(22)19-18-21-20-17(24-18)15-10-12-4-2-3-5-14(12)23-15/h2-10H,1H3,(H,19,21,22). The highest BCUT2D eigenvalue weighted by Crippen LogP contribution is 2.27. The Morgan fingerprint density at radius 1 is 1.04 bits per heavy atom. The third-order valence-corrected chi connectivity index (χ3v) is 4.38. The molecule has 0 unspecified atom stereocenters. The molecular formula is C18H13N3O3S. The highest BCUT2D eigenvalue weighted by Gasteiger charge is 2.15. The van der Waals surface area contributed by atoms with Crippen LogP contribution < -0.4 is 5.32 Å². The molecule has 2 aromatic heterocycles. The Labute approximate surface area is 147 Å². The van der Waals surface area contributed by atoms with Gasteiger partial charge in [0.15, 0.2) is 5.76 Å². The molecule has 0 bridgehead atoms. The zero-order valence-corrected chi connectivity index (χ0v) is 14.0. The number of para-hydroxylation sites is 1. The first-order valence-corrected chi connectivity index (χ1v) is 8.73. The van der Waals surface area contributed by atoms with Gasteiger partial charge in [0.2, 0.25) is 0 Å². The number of anilines is 1. The largest absolute Gasteiger partial charge is 0.451 e. The van der Waals surface area contributed by atoms with Gasteiger partial charge in [0.1, 0.15) is 5.58 Å². The van der Waals surface area contributed by atoms with Gasteiger partial charge in [-0.05, 0) is 42.7 Å². The SMILES string of the molecule is CSc1ccc(C(=O)Nc2nnc(-c3cc4ccccc4o3)o2)cc1. The van der Waals surface area contributed by atoms with Crippen molar-refractivity contribution in [3.63, 3.8) is 0 Å². The minimum atomic E-state index is -0.313. The van der Waals surface area contributed by atoms with Crippen molar-refractivity contribution in [1.82, 2.24) is 10.2 Å². The third kappa shape index (κ3) is 3.14. The third-order valence-electron chi connectivity index (χ3n) is 3.63. The maximum atomic E-state index is 12.2. The summed E-state index contributed by atoms with van der Waals surface area (Å²) in [6.45, 7) is 0. The Kier molecular flexibility index (Phi) is 3.99. The van der Waals surface area contributed by atoms with E-state index in [-0.39, 0.29) is 17.8 Å². The van der Waals surface area contributed by atoms with Crippen molar-refractivity contribution >= 4 is 34.7 Å². The van der Waals surface area contributed by atoms with E-state index in [4.69, 9.17) is 8.83 Å². The van der Waals surface area contributed by atoms with Gasteiger partial charge < -0.3 is 8.83 Å². The molecule has 25 heavy (non-hydrogen) atoms. The summed E-state index contributed by atoms with van der Waals surface area (Å²) >= 11 is 1.61. The predicted octanol–water partition coefficient (Wildman–Crippen LogP) is 4.46. The molecule has 0 aliphatic carbocycles. The summed E-state index contributed by atoms with van der Waals surface area (Å²) in [6, 6.07) is 16.7. The van der Waals surface area contributed by atoms with E-state index in [0.29, 0.717) is 11.3 Å². The van der Waals surface area contributed by atoms with Crippen LogP contribution in [-0.2, 0) is 0 Å². The lowest BCUT2D eigenvalue weighted by Crippen LogP contribution is -2.11. The second kappa shape index (κ2) is 6.45. The minimum Gasteiger partial charge on any atom is -0.451 e. The first kappa shape index (κ1) is 15.5. The highest BCUT2D eigenvalue weighted by atomic mass is 32.2. The maximum Gasteiger partial charge on any atom is 0.322 e. The van der Waals surface area contributed by atoms with E-state index in [1.54, 1.807) is 23.9 Å². The maximum absolute atomic E-state index is 12.2. The number of carbonyl (C=O) groups excluding carboxylic acids is 1. The molecule has 0 atom stereocenters. The van der Waals surface area contributed by atoms with Crippen LogP contribution >= 0.6 is 11.8 Å². The Bertz CT molecular complexity index is 1000. The summed E-state index contributed by atoms with van der Waals surface area (Å²) in [5, 5.41) is 11.3. The van der Waals surface area contributed by atoms with Crippen molar-refractivity contribution in [2.45, 2.75) is 4.90 Å². The Hall–Kier alpha value is -3.06. The molecule has 0 fully saturated rings. The topological polar surface area (TPSA) is 81.2 Å². The second-order valence-electron chi connectivity index (χ2n) is 5.24. The Balaban J connectivity index is 1.53. The lowest BCUT2D eigenvalue weighted by molar-refractivity contribution is 0.102. The average molecular weight is 351 g/mol. The van der Waals surface area contributed by atoms with Gasteiger partial charge in [0, 0.05) is 15.8 Å². The molecular weight excluding hydrogens is 338 g/mol. The summed E-state index contributed by atoms with van der Waals surface area (Å²) in [5.74, 6) is 0.357. The number of nitrogens with zero attached hydrogens (tertiary/aromatic N) is 2. The molecule has 0 radical (unpaired) electrons. The number of amides is 1. The van der Waals surface area contributed by atoms with E-state index in [9.17, 15) is 4.79 Å². The fourth-order valence-electron chi connectivity index (χ4n) is 2.37. The number of carbonyl (C=O) groups is 1. The fraction of sp³-hybridized carbons (Fsp3) is 0.0556. The van der Waals surface area contributed by atoms with Crippen molar-refractivity contribution in [2.75, 3.05) is 11.6 Å². The van der Waals surface area contributed by atoms with Crippen LogP contribution in [0.3, 0.4) is 0 Å². The van der Waals surface area contributed by atoms with Crippen molar-refractivity contribution in [3.05, 3.63) is 60.2 Å². The van der Waals surface area contributed by atoms with Crippen LogP contribution in [0.15, 0.2) is 68.3 Å². The van der Waals surface area contributed by atoms with Gasteiger partial charge >= 0.3 is 6.01 Å². The van der Waals surface area contributed by atoms with Crippen LogP contribution in [0.2, 0.25) is 0 Å². The van der Waals surface area contributed by atoms with E-state index < -0.39 is 0 Å². The molecule has 124 valence electrons. The Morgan fingerprint density at radius 3 is 2.60 bits per heavy atom. The molecule has 1 N–H and O–H groups in total. The van der Waals surface area contributed by atoms with E-state index in [1.165, 1.54) is 0 Å². The highest BCUT2D eigenvalue weighted by molar-refractivity contribution is 7.98. The molecule has 6 nitrogen and oxygen atoms in total. The molecule has 0 aliphatic rings. The molecule has 0 saturated heterocycles. The molecule has 4 rings (SSSR count). The van der Waals surface area contributed by atoms with Crippen molar-refractivity contribution < 1.29 is 13.6 Å². The van der Waals surface area contributed by atoms with Gasteiger partial charge in [-0.2, -0.15) is 0 Å². The predicted molar refractivity (Wildman–Crippen MR) is 95.7 cm³/mol.